The Kier molecular flexibility index (Phi) is 4.71. The summed E-state index contributed by atoms with van der Waals surface area (Å²) >= 11 is 3.14. The van der Waals surface area contributed by atoms with Gasteiger partial charge in [-0.05, 0) is 40.2 Å². The molecular formula is C14H10BrFN2O4. The molecule has 2 rings (SSSR count). The monoisotopic (exact) mass is 368 g/mol. The van der Waals surface area contributed by atoms with E-state index in [1.54, 1.807) is 0 Å². The molecule has 114 valence electrons. The minimum atomic E-state index is -0.603. The van der Waals surface area contributed by atoms with Gasteiger partial charge < -0.3 is 10.4 Å². The molecule has 0 fully saturated rings. The summed E-state index contributed by atoms with van der Waals surface area (Å²) in [6.45, 7) is -0.130. The molecule has 0 aromatic heterocycles. The minimum Gasteiger partial charge on any atom is -0.508 e. The second-order valence-electron chi connectivity index (χ2n) is 4.38. The number of hydrogen-bond acceptors (Lipinski definition) is 4. The number of benzene rings is 2. The summed E-state index contributed by atoms with van der Waals surface area (Å²) in [5.41, 5.74) is 0.0778. The molecule has 0 saturated heterocycles. The number of carbonyl (C=O) groups excluding carboxylic acids is 1. The molecule has 0 saturated carbocycles. The van der Waals surface area contributed by atoms with Gasteiger partial charge in [0.05, 0.1) is 10.5 Å². The first kappa shape index (κ1) is 15.9. The van der Waals surface area contributed by atoms with Crippen molar-refractivity contribution in [2.75, 3.05) is 0 Å². The van der Waals surface area contributed by atoms with Crippen LogP contribution in [0, 0.1) is 15.9 Å². The molecule has 0 atom stereocenters. The Hall–Kier alpha value is -2.48. The molecule has 0 spiro atoms. The maximum absolute atomic E-state index is 13.2. The van der Waals surface area contributed by atoms with E-state index in [0.717, 1.165) is 18.2 Å². The van der Waals surface area contributed by atoms with Gasteiger partial charge in [-0.15, -0.1) is 0 Å². The molecule has 0 aliphatic heterocycles. The number of nitrogens with zero attached hydrogens (tertiary/aromatic N) is 1. The lowest BCUT2D eigenvalue weighted by atomic mass is 10.1. The van der Waals surface area contributed by atoms with Gasteiger partial charge in [0.2, 0.25) is 0 Å². The second kappa shape index (κ2) is 6.52. The molecule has 2 aromatic rings. The van der Waals surface area contributed by atoms with Gasteiger partial charge in [0, 0.05) is 28.7 Å². The van der Waals surface area contributed by atoms with E-state index >= 15 is 0 Å². The highest BCUT2D eigenvalue weighted by molar-refractivity contribution is 9.10. The van der Waals surface area contributed by atoms with Crippen LogP contribution in [0.5, 0.6) is 5.75 Å². The third-order valence-electron chi connectivity index (χ3n) is 2.89. The van der Waals surface area contributed by atoms with Crippen LogP contribution in [0.4, 0.5) is 10.1 Å². The third-order valence-corrected chi connectivity index (χ3v) is 3.58. The first-order valence-corrected chi connectivity index (χ1v) is 6.87. The van der Waals surface area contributed by atoms with Crippen LogP contribution >= 0.6 is 15.9 Å². The Bertz CT molecular complexity index is 752. The highest BCUT2D eigenvalue weighted by Gasteiger charge is 2.14. The topological polar surface area (TPSA) is 92.5 Å². The van der Waals surface area contributed by atoms with Gasteiger partial charge in [0.15, 0.2) is 0 Å². The van der Waals surface area contributed by atoms with Crippen molar-refractivity contribution in [2.24, 2.45) is 0 Å². The smallest absolute Gasteiger partial charge is 0.270 e. The summed E-state index contributed by atoms with van der Waals surface area (Å²) in [5.74, 6) is -1.31. The zero-order valence-electron chi connectivity index (χ0n) is 11.0. The fraction of sp³-hybridized carbons (Fsp3) is 0.0714. The first-order valence-electron chi connectivity index (χ1n) is 6.08. The lowest BCUT2D eigenvalue weighted by Crippen LogP contribution is -2.23. The van der Waals surface area contributed by atoms with E-state index in [-0.39, 0.29) is 29.1 Å². The number of phenols is 1. The van der Waals surface area contributed by atoms with E-state index in [1.165, 1.54) is 18.2 Å². The zero-order valence-corrected chi connectivity index (χ0v) is 12.6. The highest BCUT2D eigenvalue weighted by Crippen LogP contribution is 2.23. The molecule has 0 aliphatic rings. The molecule has 0 aliphatic carbocycles. The average Bonchev–Trinajstić information content (AvgIpc) is 2.48. The Morgan fingerprint density at radius 3 is 2.73 bits per heavy atom. The van der Waals surface area contributed by atoms with Crippen molar-refractivity contribution < 1.29 is 19.2 Å². The maximum Gasteiger partial charge on any atom is 0.270 e. The number of hydrogen-bond donors (Lipinski definition) is 2. The van der Waals surface area contributed by atoms with Crippen molar-refractivity contribution in [1.29, 1.82) is 0 Å². The lowest BCUT2D eigenvalue weighted by molar-refractivity contribution is -0.384. The number of amides is 1. The zero-order chi connectivity index (χ0) is 16.3. The van der Waals surface area contributed by atoms with E-state index in [9.17, 15) is 24.4 Å². The molecule has 0 radical (unpaired) electrons. The van der Waals surface area contributed by atoms with Crippen LogP contribution in [0.25, 0.3) is 0 Å². The van der Waals surface area contributed by atoms with E-state index in [2.05, 4.69) is 21.2 Å². The van der Waals surface area contributed by atoms with Crippen molar-refractivity contribution in [3.05, 3.63) is 67.9 Å². The number of nitro benzene ring substituents is 1. The molecule has 22 heavy (non-hydrogen) atoms. The quantitative estimate of drug-likeness (QED) is 0.640. The summed E-state index contributed by atoms with van der Waals surface area (Å²) in [6, 6.07) is 7.16. The Morgan fingerprint density at radius 2 is 2.05 bits per heavy atom. The van der Waals surface area contributed by atoms with E-state index < -0.39 is 16.6 Å². The molecule has 6 nitrogen and oxygen atoms in total. The fourth-order valence-electron chi connectivity index (χ4n) is 1.77. The number of rotatable bonds is 4. The standard InChI is InChI=1S/C14H10BrFN2O4/c15-12-3-1-9(16)6-11(12)14(20)17-7-8-5-10(18(21)22)2-4-13(8)19/h1-6,19H,7H2,(H,17,20). The van der Waals surface area contributed by atoms with Crippen LogP contribution < -0.4 is 5.32 Å². The van der Waals surface area contributed by atoms with Crippen LogP contribution in [0.1, 0.15) is 15.9 Å². The molecule has 0 unspecified atom stereocenters. The molecule has 0 bridgehead atoms. The summed E-state index contributed by atoms with van der Waals surface area (Å²) in [4.78, 5) is 22.1. The number of carbonyl (C=O) groups is 1. The third kappa shape index (κ3) is 3.59. The number of nitro groups is 1. The minimum absolute atomic E-state index is 0.0879. The van der Waals surface area contributed by atoms with Crippen LogP contribution in [-0.4, -0.2) is 15.9 Å². The number of aromatic hydroxyl groups is 1. The predicted octanol–water partition coefficient (Wildman–Crippen LogP) is 3.13. The van der Waals surface area contributed by atoms with Gasteiger partial charge in [-0.1, -0.05) is 0 Å². The van der Waals surface area contributed by atoms with Crippen LogP contribution in [0.3, 0.4) is 0 Å². The summed E-state index contributed by atoms with van der Waals surface area (Å²) in [6.07, 6.45) is 0. The summed E-state index contributed by atoms with van der Waals surface area (Å²) in [7, 11) is 0. The highest BCUT2D eigenvalue weighted by atomic mass is 79.9. The number of halogens is 2. The van der Waals surface area contributed by atoms with Crippen molar-refractivity contribution >= 4 is 27.5 Å². The van der Waals surface area contributed by atoms with Gasteiger partial charge in [-0.2, -0.15) is 0 Å². The van der Waals surface area contributed by atoms with E-state index in [1.807, 2.05) is 0 Å². The Morgan fingerprint density at radius 1 is 1.32 bits per heavy atom. The predicted molar refractivity (Wildman–Crippen MR) is 80.0 cm³/mol. The summed E-state index contributed by atoms with van der Waals surface area (Å²) in [5, 5.41) is 22.8. The van der Waals surface area contributed by atoms with E-state index in [4.69, 9.17) is 0 Å². The maximum atomic E-state index is 13.2. The van der Waals surface area contributed by atoms with Gasteiger partial charge >= 0.3 is 0 Å². The molecule has 1 amide bonds. The van der Waals surface area contributed by atoms with Gasteiger partial charge in [-0.25, -0.2) is 4.39 Å². The van der Waals surface area contributed by atoms with Crippen molar-refractivity contribution in [3.63, 3.8) is 0 Å². The molecule has 2 aromatic carbocycles. The largest absolute Gasteiger partial charge is 0.508 e. The van der Waals surface area contributed by atoms with Gasteiger partial charge in [0.1, 0.15) is 11.6 Å². The molecular weight excluding hydrogens is 359 g/mol. The van der Waals surface area contributed by atoms with Crippen molar-refractivity contribution in [2.45, 2.75) is 6.54 Å². The van der Waals surface area contributed by atoms with Crippen LogP contribution in [0.15, 0.2) is 40.9 Å². The molecule has 8 heteroatoms. The van der Waals surface area contributed by atoms with Crippen molar-refractivity contribution in [3.8, 4) is 5.75 Å². The van der Waals surface area contributed by atoms with Crippen LogP contribution in [-0.2, 0) is 6.54 Å². The van der Waals surface area contributed by atoms with E-state index in [0.29, 0.717) is 4.47 Å². The fourth-order valence-corrected chi connectivity index (χ4v) is 2.20. The normalized spacial score (nSPS) is 10.3. The molecule has 0 heterocycles. The Balaban J connectivity index is 2.16. The van der Waals surface area contributed by atoms with Crippen molar-refractivity contribution in [1.82, 2.24) is 5.32 Å². The average molecular weight is 369 g/mol. The van der Waals surface area contributed by atoms with Crippen LogP contribution in [0.2, 0.25) is 0 Å². The number of nitrogens with one attached hydrogen (secondary N) is 1. The SMILES string of the molecule is O=C(NCc1cc([N+](=O)[O-])ccc1O)c1cc(F)ccc1Br. The number of non-ortho nitro benzene ring substituents is 1. The summed E-state index contributed by atoms with van der Waals surface area (Å²) < 4.78 is 13.6. The van der Waals surface area contributed by atoms with Gasteiger partial charge in [0.25, 0.3) is 11.6 Å². The molecule has 2 N–H and O–H groups in total. The second-order valence-corrected chi connectivity index (χ2v) is 5.23. The first-order chi connectivity index (χ1) is 10.4. The lowest BCUT2D eigenvalue weighted by Gasteiger charge is -2.08. The number of phenolic OH excluding ortho intramolecular Hbond substituents is 1. The van der Waals surface area contributed by atoms with Gasteiger partial charge in [-0.3, -0.25) is 14.9 Å². The Labute approximate surface area is 132 Å².